The second-order valence-electron chi connectivity index (χ2n) is 4.34. The van der Waals surface area contributed by atoms with Crippen molar-refractivity contribution in [2.75, 3.05) is 7.05 Å². The van der Waals surface area contributed by atoms with Gasteiger partial charge < -0.3 is 10.1 Å². The average Bonchev–Trinajstić information content (AvgIpc) is 2.41. The highest BCUT2D eigenvalue weighted by molar-refractivity contribution is 9.10. The van der Waals surface area contributed by atoms with E-state index in [9.17, 15) is 0 Å². The van der Waals surface area contributed by atoms with Gasteiger partial charge in [-0.2, -0.15) is 0 Å². The number of halogens is 1. The molecule has 0 unspecified atom stereocenters. The normalized spacial score (nSPS) is 10.5. The van der Waals surface area contributed by atoms with Crippen molar-refractivity contribution in [1.29, 1.82) is 0 Å². The van der Waals surface area contributed by atoms with Crippen LogP contribution in [0.3, 0.4) is 0 Å². The molecule has 0 aliphatic carbocycles. The summed E-state index contributed by atoms with van der Waals surface area (Å²) in [4.78, 5) is 4.45. The van der Waals surface area contributed by atoms with Gasteiger partial charge in [0.2, 0.25) is 5.88 Å². The number of pyridine rings is 1. The van der Waals surface area contributed by atoms with Crippen molar-refractivity contribution in [3.8, 4) is 5.88 Å². The maximum atomic E-state index is 5.70. The molecular formula is C15H17BrN2O. The molecule has 0 aliphatic heterocycles. The summed E-state index contributed by atoms with van der Waals surface area (Å²) in [6.45, 7) is 3.36. The largest absolute Gasteiger partial charge is 0.473 e. The van der Waals surface area contributed by atoms with Crippen LogP contribution >= 0.6 is 15.9 Å². The molecule has 1 aromatic carbocycles. The van der Waals surface area contributed by atoms with E-state index in [1.807, 2.05) is 44.3 Å². The Kier molecular flexibility index (Phi) is 4.93. The lowest BCUT2D eigenvalue weighted by molar-refractivity contribution is 0.293. The lowest BCUT2D eigenvalue weighted by Crippen LogP contribution is -2.08. The molecule has 0 aliphatic rings. The molecule has 0 radical (unpaired) electrons. The first-order chi connectivity index (χ1) is 9.19. The Morgan fingerprint density at radius 2 is 1.89 bits per heavy atom. The van der Waals surface area contributed by atoms with Gasteiger partial charge in [-0.3, -0.25) is 0 Å². The molecule has 1 N–H and O–H groups in total. The SMILES string of the molecule is CNCc1ccc(OCc2ccc(Br)cc2)nc1C. The summed E-state index contributed by atoms with van der Waals surface area (Å²) in [7, 11) is 1.93. The Morgan fingerprint density at radius 1 is 1.16 bits per heavy atom. The average molecular weight is 321 g/mol. The predicted molar refractivity (Wildman–Crippen MR) is 80.2 cm³/mol. The molecule has 0 spiro atoms. The van der Waals surface area contributed by atoms with E-state index in [1.165, 1.54) is 5.56 Å². The molecule has 0 saturated carbocycles. The highest BCUT2D eigenvalue weighted by Gasteiger charge is 2.02. The molecule has 19 heavy (non-hydrogen) atoms. The van der Waals surface area contributed by atoms with Crippen molar-refractivity contribution >= 4 is 15.9 Å². The molecule has 3 nitrogen and oxygen atoms in total. The van der Waals surface area contributed by atoms with Crippen molar-refractivity contribution < 1.29 is 4.74 Å². The smallest absolute Gasteiger partial charge is 0.213 e. The Bertz CT molecular complexity index is 540. The number of benzene rings is 1. The lowest BCUT2D eigenvalue weighted by atomic mass is 10.2. The van der Waals surface area contributed by atoms with Crippen LogP contribution in [0.2, 0.25) is 0 Å². The van der Waals surface area contributed by atoms with Crippen molar-refractivity contribution in [3.05, 3.63) is 57.7 Å². The molecule has 0 amide bonds. The van der Waals surface area contributed by atoms with Gasteiger partial charge >= 0.3 is 0 Å². The van der Waals surface area contributed by atoms with Crippen molar-refractivity contribution in [2.24, 2.45) is 0 Å². The molecular weight excluding hydrogens is 304 g/mol. The Labute approximate surface area is 122 Å². The van der Waals surface area contributed by atoms with Crippen LogP contribution in [0, 0.1) is 6.92 Å². The minimum atomic E-state index is 0.533. The van der Waals surface area contributed by atoms with Gasteiger partial charge in [0.15, 0.2) is 0 Å². The molecule has 0 saturated heterocycles. The van der Waals surface area contributed by atoms with Crippen LogP contribution in [0.4, 0.5) is 0 Å². The maximum absolute atomic E-state index is 5.70. The van der Waals surface area contributed by atoms with Gasteiger partial charge in [-0.1, -0.05) is 34.1 Å². The lowest BCUT2D eigenvalue weighted by Gasteiger charge is -2.09. The summed E-state index contributed by atoms with van der Waals surface area (Å²) in [5, 5.41) is 3.12. The standard InChI is InChI=1S/C15H17BrN2O/c1-11-13(9-17-2)5-8-15(18-11)19-10-12-3-6-14(16)7-4-12/h3-8,17H,9-10H2,1-2H3. The molecule has 2 aromatic rings. The fourth-order valence-electron chi connectivity index (χ4n) is 1.76. The quantitative estimate of drug-likeness (QED) is 0.916. The molecule has 0 bridgehead atoms. The summed E-state index contributed by atoms with van der Waals surface area (Å²) < 4.78 is 6.77. The maximum Gasteiger partial charge on any atom is 0.213 e. The van der Waals surface area contributed by atoms with Crippen molar-refractivity contribution in [3.63, 3.8) is 0 Å². The Morgan fingerprint density at radius 3 is 2.53 bits per heavy atom. The zero-order chi connectivity index (χ0) is 13.7. The van der Waals surface area contributed by atoms with Gasteiger partial charge in [-0.05, 0) is 37.2 Å². The first-order valence-corrected chi connectivity index (χ1v) is 6.96. The topological polar surface area (TPSA) is 34.1 Å². The number of aryl methyl sites for hydroxylation is 1. The number of ether oxygens (including phenoxy) is 1. The molecule has 4 heteroatoms. The third-order valence-corrected chi connectivity index (χ3v) is 3.37. The van der Waals surface area contributed by atoms with Crippen LogP contribution in [0.5, 0.6) is 5.88 Å². The monoisotopic (exact) mass is 320 g/mol. The minimum absolute atomic E-state index is 0.533. The van der Waals surface area contributed by atoms with E-state index in [1.54, 1.807) is 0 Å². The van der Waals surface area contributed by atoms with E-state index < -0.39 is 0 Å². The second-order valence-corrected chi connectivity index (χ2v) is 5.26. The van der Waals surface area contributed by atoms with Crippen LogP contribution < -0.4 is 10.1 Å². The highest BCUT2D eigenvalue weighted by atomic mass is 79.9. The Hall–Kier alpha value is -1.39. The zero-order valence-electron chi connectivity index (χ0n) is 11.1. The summed E-state index contributed by atoms with van der Waals surface area (Å²) >= 11 is 3.41. The summed E-state index contributed by atoms with van der Waals surface area (Å²) in [6, 6.07) is 12.0. The highest BCUT2D eigenvalue weighted by Crippen LogP contribution is 2.15. The summed E-state index contributed by atoms with van der Waals surface area (Å²) in [5.74, 6) is 0.667. The first kappa shape index (κ1) is 14.0. The predicted octanol–water partition coefficient (Wildman–Crippen LogP) is 3.45. The van der Waals surface area contributed by atoms with E-state index in [2.05, 4.69) is 32.3 Å². The molecule has 1 heterocycles. The van der Waals surface area contributed by atoms with Crippen LogP contribution in [-0.4, -0.2) is 12.0 Å². The van der Waals surface area contributed by atoms with Gasteiger partial charge in [0, 0.05) is 22.8 Å². The van der Waals surface area contributed by atoms with Crippen molar-refractivity contribution in [1.82, 2.24) is 10.3 Å². The van der Waals surface area contributed by atoms with Crippen LogP contribution in [0.25, 0.3) is 0 Å². The number of hydrogen-bond acceptors (Lipinski definition) is 3. The van der Waals surface area contributed by atoms with E-state index >= 15 is 0 Å². The number of nitrogens with one attached hydrogen (secondary N) is 1. The van der Waals surface area contributed by atoms with Crippen LogP contribution in [-0.2, 0) is 13.2 Å². The molecule has 100 valence electrons. The van der Waals surface area contributed by atoms with Gasteiger partial charge in [-0.15, -0.1) is 0 Å². The summed E-state index contributed by atoms with van der Waals surface area (Å²) in [6.07, 6.45) is 0. The third kappa shape index (κ3) is 4.04. The molecule has 1 aromatic heterocycles. The van der Waals surface area contributed by atoms with Gasteiger partial charge in [0.1, 0.15) is 6.61 Å². The van der Waals surface area contributed by atoms with Gasteiger partial charge in [0.05, 0.1) is 0 Å². The second kappa shape index (κ2) is 6.68. The minimum Gasteiger partial charge on any atom is -0.473 e. The third-order valence-electron chi connectivity index (χ3n) is 2.84. The fraction of sp³-hybridized carbons (Fsp3) is 0.267. The molecule has 0 atom stereocenters. The van der Waals surface area contributed by atoms with Gasteiger partial charge in [0.25, 0.3) is 0 Å². The number of aromatic nitrogens is 1. The summed E-state index contributed by atoms with van der Waals surface area (Å²) in [5.41, 5.74) is 3.32. The molecule has 0 fully saturated rings. The first-order valence-electron chi connectivity index (χ1n) is 6.17. The number of nitrogens with zero attached hydrogens (tertiary/aromatic N) is 1. The molecule has 2 rings (SSSR count). The van der Waals surface area contributed by atoms with E-state index in [-0.39, 0.29) is 0 Å². The number of hydrogen-bond donors (Lipinski definition) is 1. The van der Waals surface area contributed by atoms with E-state index in [0.717, 1.165) is 22.3 Å². The Balaban J connectivity index is 1.99. The number of rotatable bonds is 5. The van der Waals surface area contributed by atoms with Gasteiger partial charge in [-0.25, -0.2) is 4.98 Å². The fourth-order valence-corrected chi connectivity index (χ4v) is 2.03. The van der Waals surface area contributed by atoms with E-state index in [0.29, 0.717) is 12.5 Å². The van der Waals surface area contributed by atoms with Crippen LogP contribution in [0.1, 0.15) is 16.8 Å². The van der Waals surface area contributed by atoms with E-state index in [4.69, 9.17) is 4.74 Å². The van der Waals surface area contributed by atoms with Crippen molar-refractivity contribution in [2.45, 2.75) is 20.1 Å². The zero-order valence-corrected chi connectivity index (χ0v) is 12.7. The van der Waals surface area contributed by atoms with Crippen LogP contribution in [0.15, 0.2) is 40.9 Å².